The predicted octanol–water partition coefficient (Wildman–Crippen LogP) is 2.62. The van der Waals surface area contributed by atoms with Crippen molar-refractivity contribution in [3.8, 4) is 11.3 Å². The quantitative estimate of drug-likeness (QED) is 0.723. The molecule has 3 aromatic heterocycles. The van der Waals surface area contributed by atoms with Crippen LogP contribution < -0.4 is 5.73 Å². The van der Waals surface area contributed by atoms with Gasteiger partial charge in [-0.15, -0.1) is 0 Å². The van der Waals surface area contributed by atoms with Gasteiger partial charge in [0.2, 0.25) is 5.91 Å². The Morgan fingerprint density at radius 1 is 1.00 bits per heavy atom. The van der Waals surface area contributed by atoms with Crippen LogP contribution in [0.15, 0.2) is 36.8 Å². The molecule has 2 N–H and O–H groups in total. The molecule has 0 aliphatic heterocycles. The average Bonchev–Trinajstić information content (AvgIpc) is 2.60. The molecule has 3 heterocycles. The van der Waals surface area contributed by atoms with Gasteiger partial charge in [-0.25, -0.2) is 0 Å². The van der Waals surface area contributed by atoms with E-state index < -0.39 is 5.91 Å². The van der Waals surface area contributed by atoms with Gasteiger partial charge in [-0.3, -0.25) is 24.5 Å². The van der Waals surface area contributed by atoms with Crippen LogP contribution in [-0.2, 0) is 11.2 Å². The molecule has 0 spiro atoms. The molecule has 0 aliphatic carbocycles. The first kappa shape index (κ1) is 16.7. The highest BCUT2D eigenvalue weighted by Gasteiger charge is 2.11. The highest BCUT2D eigenvalue weighted by Crippen LogP contribution is 2.25. The maximum Gasteiger partial charge on any atom is 0.223 e. The number of amides is 1. The lowest BCUT2D eigenvalue weighted by Gasteiger charge is -2.08. The molecule has 0 fully saturated rings. The lowest BCUT2D eigenvalue weighted by atomic mass is 10.0. The van der Waals surface area contributed by atoms with Gasteiger partial charge in [-0.05, 0) is 30.7 Å². The monoisotopic (exact) mass is 334 g/mol. The number of carbonyl (C=O) groups is 2. The summed E-state index contributed by atoms with van der Waals surface area (Å²) in [6.45, 7) is 3.75. The number of carbonyl (C=O) groups excluding carboxylic acids is 2. The number of aromatic nitrogens is 3. The number of hydrogen-bond donors (Lipinski definition) is 1. The molecule has 1 amide bonds. The number of aryl methyl sites for hydroxylation is 1. The Labute approximate surface area is 145 Å². The van der Waals surface area contributed by atoms with Gasteiger partial charge in [-0.2, -0.15) is 0 Å². The van der Waals surface area contributed by atoms with Crippen LogP contribution in [0, 0.1) is 6.92 Å². The maximum atomic E-state index is 11.8. The molecular formula is C19H18N4O2. The minimum absolute atomic E-state index is 0.0206. The van der Waals surface area contributed by atoms with Gasteiger partial charge < -0.3 is 5.73 Å². The van der Waals surface area contributed by atoms with Crippen LogP contribution in [0.4, 0.5) is 0 Å². The van der Waals surface area contributed by atoms with Crippen molar-refractivity contribution >= 4 is 22.5 Å². The number of hydrogen-bond acceptors (Lipinski definition) is 5. The summed E-state index contributed by atoms with van der Waals surface area (Å²) in [5.41, 5.74) is 8.87. The van der Waals surface area contributed by atoms with Gasteiger partial charge in [0, 0.05) is 41.3 Å². The minimum atomic E-state index is -0.417. The summed E-state index contributed by atoms with van der Waals surface area (Å²) in [6.07, 6.45) is 5.66. The lowest BCUT2D eigenvalue weighted by molar-refractivity contribution is -0.117. The van der Waals surface area contributed by atoms with Crippen LogP contribution in [0.1, 0.15) is 35.1 Å². The van der Waals surface area contributed by atoms with E-state index in [2.05, 4.69) is 15.0 Å². The molecule has 0 bridgehead atoms. The van der Waals surface area contributed by atoms with E-state index in [4.69, 9.17) is 5.73 Å². The molecule has 0 aromatic carbocycles. The van der Waals surface area contributed by atoms with Gasteiger partial charge >= 0.3 is 0 Å². The standard InChI is InChI=1S/C19H18N4O2/c1-3-18(24)17-4-11(2)15(10-23-17)16-6-13-8-21-14(7-19(20)25)5-12(13)9-22-16/h4-6,8-10H,3,7H2,1-2H3,(H2,20,25). The normalized spacial score (nSPS) is 10.8. The van der Waals surface area contributed by atoms with E-state index in [-0.39, 0.29) is 12.2 Å². The van der Waals surface area contributed by atoms with Crippen molar-refractivity contribution in [1.29, 1.82) is 0 Å². The second-order valence-electron chi connectivity index (χ2n) is 5.90. The largest absolute Gasteiger partial charge is 0.369 e. The minimum Gasteiger partial charge on any atom is -0.369 e. The first-order valence-corrected chi connectivity index (χ1v) is 8.01. The van der Waals surface area contributed by atoms with Gasteiger partial charge in [0.15, 0.2) is 5.78 Å². The molecule has 25 heavy (non-hydrogen) atoms. The van der Waals surface area contributed by atoms with Crippen LogP contribution in [0.2, 0.25) is 0 Å². The first-order chi connectivity index (χ1) is 12.0. The Morgan fingerprint density at radius 3 is 2.40 bits per heavy atom. The third kappa shape index (κ3) is 3.52. The molecule has 0 saturated carbocycles. The number of rotatable bonds is 5. The van der Waals surface area contributed by atoms with Crippen molar-refractivity contribution in [1.82, 2.24) is 15.0 Å². The highest BCUT2D eigenvalue weighted by atomic mass is 16.1. The summed E-state index contributed by atoms with van der Waals surface area (Å²) in [7, 11) is 0. The summed E-state index contributed by atoms with van der Waals surface area (Å²) in [4.78, 5) is 35.8. The van der Waals surface area contributed by atoms with Crippen molar-refractivity contribution in [3.05, 3.63) is 53.7 Å². The number of pyridine rings is 3. The molecule has 126 valence electrons. The lowest BCUT2D eigenvalue weighted by Crippen LogP contribution is -2.14. The average molecular weight is 334 g/mol. The predicted molar refractivity (Wildman–Crippen MR) is 95.0 cm³/mol. The molecule has 0 aliphatic rings. The Kier molecular flexibility index (Phi) is 4.52. The third-order valence-corrected chi connectivity index (χ3v) is 4.01. The number of Topliss-reactive ketones (excluding diaryl/α,β-unsaturated/α-hetero) is 1. The Balaban J connectivity index is 1.99. The fourth-order valence-electron chi connectivity index (χ4n) is 2.66. The van der Waals surface area contributed by atoms with E-state index >= 15 is 0 Å². The van der Waals surface area contributed by atoms with Crippen LogP contribution in [0.3, 0.4) is 0 Å². The van der Waals surface area contributed by atoms with Crippen molar-refractivity contribution in [2.24, 2.45) is 5.73 Å². The second kappa shape index (κ2) is 6.76. The van der Waals surface area contributed by atoms with E-state index in [1.54, 1.807) is 24.7 Å². The molecule has 0 atom stereocenters. The summed E-state index contributed by atoms with van der Waals surface area (Å²) >= 11 is 0. The Hall–Kier alpha value is -3.15. The van der Waals surface area contributed by atoms with Crippen LogP contribution in [0.5, 0.6) is 0 Å². The molecule has 0 saturated heterocycles. The smallest absolute Gasteiger partial charge is 0.223 e. The molecule has 3 aromatic rings. The number of primary amides is 1. The van der Waals surface area contributed by atoms with Crippen LogP contribution >= 0.6 is 0 Å². The Morgan fingerprint density at radius 2 is 1.72 bits per heavy atom. The van der Waals surface area contributed by atoms with E-state index in [0.29, 0.717) is 17.8 Å². The SMILES string of the molecule is CCC(=O)c1cc(C)c(-c2cc3cnc(CC(N)=O)cc3cn2)cn1. The molecule has 0 unspecified atom stereocenters. The van der Waals surface area contributed by atoms with Crippen molar-refractivity contribution in [3.63, 3.8) is 0 Å². The van der Waals surface area contributed by atoms with Gasteiger partial charge in [-0.1, -0.05) is 6.92 Å². The zero-order valence-corrected chi connectivity index (χ0v) is 14.1. The third-order valence-electron chi connectivity index (χ3n) is 4.01. The molecular weight excluding hydrogens is 316 g/mol. The van der Waals surface area contributed by atoms with Crippen molar-refractivity contribution in [2.45, 2.75) is 26.7 Å². The topological polar surface area (TPSA) is 98.8 Å². The highest BCUT2D eigenvalue weighted by molar-refractivity contribution is 5.94. The molecule has 3 rings (SSSR count). The van der Waals surface area contributed by atoms with Gasteiger partial charge in [0.25, 0.3) is 0 Å². The van der Waals surface area contributed by atoms with Crippen molar-refractivity contribution in [2.75, 3.05) is 0 Å². The number of nitrogens with zero attached hydrogens (tertiary/aromatic N) is 3. The second-order valence-corrected chi connectivity index (χ2v) is 5.90. The van der Waals surface area contributed by atoms with E-state index in [1.807, 2.05) is 26.0 Å². The van der Waals surface area contributed by atoms with Crippen LogP contribution in [0.25, 0.3) is 22.0 Å². The summed E-state index contributed by atoms with van der Waals surface area (Å²) in [5, 5.41) is 1.80. The maximum absolute atomic E-state index is 11.8. The molecule has 6 nitrogen and oxygen atoms in total. The number of fused-ring (bicyclic) bond motifs is 1. The van der Waals surface area contributed by atoms with Crippen molar-refractivity contribution < 1.29 is 9.59 Å². The zero-order chi connectivity index (χ0) is 18.0. The van der Waals surface area contributed by atoms with Gasteiger partial charge in [0.05, 0.1) is 17.8 Å². The molecule has 6 heteroatoms. The van der Waals surface area contributed by atoms with Gasteiger partial charge in [0.1, 0.15) is 5.69 Å². The van der Waals surface area contributed by atoms with E-state index in [1.165, 1.54) is 0 Å². The number of nitrogens with two attached hydrogens (primary N) is 1. The summed E-state index contributed by atoms with van der Waals surface area (Å²) < 4.78 is 0. The van der Waals surface area contributed by atoms with Crippen LogP contribution in [-0.4, -0.2) is 26.6 Å². The van der Waals surface area contributed by atoms with E-state index in [0.717, 1.165) is 27.6 Å². The summed E-state index contributed by atoms with van der Waals surface area (Å²) in [6, 6.07) is 5.52. The fraction of sp³-hybridized carbons (Fsp3) is 0.211. The first-order valence-electron chi connectivity index (χ1n) is 8.01. The number of ketones is 1. The summed E-state index contributed by atoms with van der Waals surface area (Å²) in [5.74, 6) is -0.396. The van der Waals surface area contributed by atoms with E-state index in [9.17, 15) is 9.59 Å². The fourth-order valence-corrected chi connectivity index (χ4v) is 2.66. The Bertz CT molecular complexity index is 982. The zero-order valence-electron chi connectivity index (χ0n) is 14.1. The molecule has 0 radical (unpaired) electrons.